The smallest absolute Gasteiger partial charge is 0.339 e. The summed E-state index contributed by atoms with van der Waals surface area (Å²) < 4.78 is 43.3. The number of hydrogen-bond donors (Lipinski definition) is 0. The van der Waals surface area contributed by atoms with Crippen molar-refractivity contribution in [2.45, 2.75) is 18.7 Å². The van der Waals surface area contributed by atoms with E-state index in [1.165, 1.54) is 6.92 Å². The minimum absolute atomic E-state index is 0.0210. The first-order chi connectivity index (χ1) is 8.02. The van der Waals surface area contributed by atoms with Gasteiger partial charge in [-0.05, 0) is 6.92 Å². The fraction of sp³-hybridized carbons (Fsp3) is 0.400. The van der Waals surface area contributed by atoms with Crippen molar-refractivity contribution in [1.29, 1.82) is 0 Å². The Kier molecular flexibility index (Phi) is 4.92. The Morgan fingerprint density at radius 2 is 2.24 bits per heavy atom. The van der Waals surface area contributed by atoms with Crippen LogP contribution in [0.1, 0.15) is 34.8 Å². The highest BCUT2D eigenvalue weighted by atomic mass is 79.9. The van der Waals surface area contributed by atoms with Gasteiger partial charge in [0, 0.05) is 17.1 Å². The molecule has 3 nitrogen and oxygen atoms in total. The number of esters is 1. The molecule has 1 aromatic rings. The minimum Gasteiger partial charge on any atom is -0.462 e. The van der Waals surface area contributed by atoms with Crippen molar-refractivity contribution >= 4 is 21.9 Å². The lowest BCUT2D eigenvalue weighted by molar-refractivity contribution is 0.0513. The van der Waals surface area contributed by atoms with Crippen LogP contribution in [0.2, 0.25) is 0 Å². The molecular weight excluding hydrogens is 303 g/mol. The quantitative estimate of drug-likeness (QED) is 0.487. The van der Waals surface area contributed by atoms with Crippen LogP contribution in [0.4, 0.5) is 13.2 Å². The highest BCUT2D eigenvalue weighted by Gasteiger charge is 2.25. The molecule has 17 heavy (non-hydrogen) atoms. The number of carbonyl (C=O) groups excluding carboxylic acids is 1. The standard InChI is InChI=1S/C10H9BrF3NO2/c1-2-17-10(16)7-5(3-11)9(14)15-4-6(7)8(12)13/h4,8H,2-3H2,1H3. The van der Waals surface area contributed by atoms with E-state index in [1.54, 1.807) is 0 Å². The van der Waals surface area contributed by atoms with Gasteiger partial charge < -0.3 is 4.74 Å². The maximum Gasteiger partial charge on any atom is 0.339 e. The molecule has 0 amide bonds. The van der Waals surface area contributed by atoms with Crippen LogP contribution >= 0.6 is 15.9 Å². The summed E-state index contributed by atoms with van der Waals surface area (Å²) in [6.07, 6.45) is -2.27. The van der Waals surface area contributed by atoms with Crippen molar-refractivity contribution in [1.82, 2.24) is 4.98 Å². The molecule has 1 rings (SSSR count). The largest absolute Gasteiger partial charge is 0.462 e. The van der Waals surface area contributed by atoms with Crippen molar-refractivity contribution in [2.75, 3.05) is 6.61 Å². The Bertz CT molecular complexity index is 426. The van der Waals surface area contributed by atoms with Crippen LogP contribution in [0.15, 0.2) is 6.20 Å². The molecule has 0 unspecified atom stereocenters. The van der Waals surface area contributed by atoms with Gasteiger partial charge in [0.1, 0.15) is 0 Å². The summed E-state index contributed by atoms with van der Waals surface area (Å²) in [6, 6.07) is 0. The molecule has 0 saturated carbocycles. The Balaban J connectivity index is 3.38. The summed E-state index contributed by atoms with van der Waals surface area (Å²) in [5, 5.41) is -0.0967. The van der Waals surface area contributed by atoms with E-state index in [2.05, 4.69) is 25.7 Å². The monoisotopic (exact) mass is 311 g/mol. The van der Waals surface area contributed by atoms with E-state index in [1.807, 2.05) is 0 Å². The van der Waals surface area contributed by atoms with Crippen molar-refractivity contribution in [3.8, 4) is 0 Å². The molecule has 94 valence electrons. The summed E-state index contributed by atoms with van der Waals surface area (Å²) in [7, 11) is 0. The van der Waals surface area contributed by atoms with Crippen LogP contribution in [-0.4, -0.2) is 17.6 Å². The number of halogens is 4. The molecule has 0 bridgehead atoms. The SMILES string of the molecule is CCOC(=O)c1c(C(F)F)cnc(F)c1CBr. The molecule has 0 aliphatic carbocycles. The summed E-state index contributed by atoms with van der Waals surface area (Å²) in [4.78, 5) is 14.7. The zero-order valence-electron chi connectivity index (χ0n) is 8.84. The van der Waals surface area contributed by atoms with Gasteiger partial charge in [0.2, 0.25) is 5.95 Å². The van der Waals surface area contributed by atoms with Gasteiger partial charge in [-0.15, -0.1) is 0 Å². The topological polar surface area (TPSA) is 39.2 Å². The Morgan fingerprint density at radius 1 is 1.59 bits per heavy atom. The van der Waals surface area contributed by atoms with Crippen LogP contribution in [-0.2, 0) is 10.1 Å². The van der Waals surface area contributed by atoms with E-state index in [-0.39, 0.29) is 17.5 Å². The third-order valence-electron chi connectivity index (χ3n) is 2.00. The predicted molar refractivity (Wildman–Crippen MR) is 57.7 cm³/mol. The van der Waals surface area contributed by atoms with E-state index in [4.69, 9.17) is 0 Å². The van der Waals surface area contributed by atoms with Gasteiger partial charge in [-0.2, -0.15) is 4.39 Å². The molecule has 0 fully saturated rings. The molecule has 0 aliphatic heterocycles. The van der Waals surface area contributed by atoms with Crippen molar-refractivity contribution in [3.05, 3.63) is 28.8 Å². The first-order valence-electron chi connectivity index (χ1n) is 4.71. The van der Waals surface area contributed by atoms with Crippen LogP contribution in [0.3, 0.4) is 0 Å². The van der Waals surface area contributed by atoms with Crippen molar-refractivity contribution in [2.24, 2.45) is 0 Å². The molecule has 7 heteroatoms. The molecule has 1 aromatic heterocycles. The van der Waals surface area contributed by atoms with E-state index >= 15 is 0 Å². The lowest BCUT2D eigenvalue weighted by Gasteiger charge is -2.11. The highest BCUT2D eigenvalue weighted by Crippen LogP contribution is 2.28. The maximum atomic E-state index is 13.3. The average Bonchev–Trinajstić information content (AvgIpc) is 2.28. The molecular formula is C10H9BrF3NO2. The van der Waals surface area contributed by atoms with E-state index in [9.17, 15) is 18.0 Å². The number of nitrogens with zero attached hydrogens (tertiary/aromatic N) is 1. The first kappa shape index (κ1) is 14.0. The molecule has 0 radical (unpaired) electrons. The Morgan fingerprint density at radius 3 is 2.71 bits per heavy atom. The van der Waals surface area contributed by atoms with E-state index in [0.29, 0.717) is 6.20 Å². The molecule has 1 heterocycles. The predicted octanol–water partition coefficient (Wildman–Crippen LogP) is 3.23. The second-order valence-corrected chi connectivity index (χ2v) is 3.57. The summed E-state index contributed by atoms with van der Waals surface area (Å²) >= 11 is 2.93. The van der Waals surface area contributed by atoms with Gasteiger partial charge in [0.25, 0.3) is 6.43 Å². The Hall–Kier alpha value is -1.11. The van der Waals surface area contributed by atoms with Gasteiger partial charge >= 0.3 is 5.97 Å². The van der Waals surface area contributed by atoms with Crippen LogP contribution in [0.5, 0.6) is 0 Å². The van der Waals surface area contributed by atoms with Crippen molar-refractivity contribution < 1.29 is 22.7 Å². The lowest BCUT2D eigenvalue weighted by atomic mass is 10.1. The number of pyridine rings is 1. The second kappa shape index (κ2) is 6.00. The molecule has 0 aliphatic rings. The second-order valence-electron chi connectivity index (χ2n) is 3.01. The molecule has 0 spiro atoms. The summed E-state index contributed by atoms with van der Waals surface area (Å²) in [5.41, 5.74) is -1.30. The summed E-state index contributed by atoms with van der Waals surface area (Å²) in [6.45, 7) is 1.55. The Labute approximate surface area is 104 Å². The number of alkyl halides is 3. The fourth-order valence-electron chi connectivity index (χ4n) is 1.28. The number of aromatic nitrogens is 1. The first-order valence-corrected chi connectivity index (χ1v) is 5.83. The molecule has 0 N–H and O–H groups in total. The molecule has 0 aromatic carbocycles. The average molecular weight is 312 g/mol. The number of ether oxygens (including phenoxy) is 1. The molecule has 0 saturated heterocycles. The summed E-state index contributed by atoms with van der Waals surface area (Å²) in [5.74, 6) is -1.94. The molecule has 0 atom stereocenters. The normalized spacial score (nSPS) is 10.7. The van der Waals surface area contributed by atoms with Gasteiger partial charge in [-0.25, -0.2) is 18.6 Å². The maximum absolute atomic E-state index is 13.3. The van der Waals surface area contributed by atoms with Gasteiger partial charge in [0.15, 0.2) is 0 Å². The number of rotatable bonds is 4. The fourth-order valence-corrected chi connectivity index (χ4v) is 1.79. The third-order valence-corrected chi connectivity index (χ3v) is 2.57. The van der Waals surface area contributed by atoms with E-state index < -0.39 is 29.5 Å². The van der Waals surface area contributed by atoms with Gasteiger partial charge in [0.05, 0.1) is 17.7 Å². The van der Waals surface area contributed by atoms with Gasteiger partial charge in [-0.3, -0.25) is 0 Å². The zero-order chi connectivity index (χ0) is 13.0. The van der Waals surface area contributed by atoms with Crippen molar-refractivity contribution in [3.63, 3.8) is 0 Å². The lowest BCUT2D eigenvalue weighted by Crippen LogP contribution is -2.14. The zero-order valence-corrected chi connectivity index (χ0v) is 10.4. The third kappa shape index (κ3) is 2.96. The van der Waals surface area contributed by atoms with Crippen LogP contribution in [0, 0.1) is 5.95 Å². The number of carbonyl (C=O) groups is 1. The van der Waals surface area contributed by atoms with Gasteiger partial charge in [-0.1, -0.05) is 15.9 Å². The van der Waals surface area contributed by atoms with E-state index in [0.717, 1.165) is 0 Å². The highest BCUT2D eigenvalue weighted by molar-refractivity contribution is 9.08. The number of hydrogen-bond acceptors (Lipinski definition) is 3. The minimum atomic E-state index is -2.92. The van der Waals surface area contributed by atoms with Crippen LogP contribution < -0.4 is 0 Å². The van der Waals surface area contributed by atoms with Crippen LogP contribution in [0.25, 0.3) is 0 Å².